The highest BCUT2D eigenvalue weighted by molar-refractivity contribution is 7.11. The van der Waals surface area contributed by atoms with E-state index in [1.54, 1.807) is 0 Å². The van der Waals surface area contributed by atoms with Gasteiger partial charge in [0.1, 0.15) is 16.8 Å². The van der Waals surface area contributed by atoms with Crippen LogP contribution in [0.15, 0.2) is 17.5 Å². The number of thiophene rings is 1. The summed E-state index contributed by atoms with van der Waals surface area (Å²) in [5, 5.41) is 1.93. The molecule has 5 rings (SSSR count). The van der Waals surface area contributed by atoms with Crippen LogP contribution in [0.2, 0.25) is 0 Å². The molecule has 28 heavy (non-hydrogen) atoms. The van der Waals surface area contributed by atoms with Crippen molar-refractivity contribution < 1.29 is 14.3 Å². The number of carbonyl (C=O) groups excluding carboxylic acids is 2. The van der Waals surface area contributed by atoms with Crippen LogP contribution in [0.1, 0.15) is 81.3 Å². The normalized spacial score (nSPS) is 45.1. The minimum Gasteiger partial charge on any atom is -0.458 e. The Hall–Kier alpha value is -1.16. The molecule has 4 heteroatoms. The van der Waals surface area contributed by atoms with Crippen LogP contribution in [-0.2, 0) is 9.53 Å². The first-order chi connectivity index (χ1) is 13.4. The van der Waals surface area contributed by atoms with Crippen molar-refractivity contribution in [3.05, 3.63) is 22.4 Å². The number of rotatable bonds is 2. The summed E-state index contributed by atoms with van der Waals surface area (Å²) < 4.78 is 5.89. The molecule has 152 valence electrons. The monoisotopic (exact) mass is 400 g/mol. The van der Waals surface area contributed by atoms with Crippen molar-refractivity contribution >= 4 is 23.1 Å². The van der Waals surface area contributed by atoms with Crippen LogP contribution in [0.4, 0.5) is 0 Å². The number of ketones is 1. The lowest BCUT2D eigenvalue weighted by molar-refractivity contribution is -0.142. The summed E-state index contributed by atoms with van der Waals surface area (Å²) >= 11 is 1.46. The number of hydrogen-bond acceptors (Lipinski definition) is 4. The molecule has 4 saturated carbocycles. The van der Waals surface area contributed by atoms with Gasteiger partial charge >= 0.3 is 5.97 Å². The van der Waals surface area contributed by atoms with Gasteiger partial charge in [-0.2, -0.15) is 0 Å². The van der Waals surface area contributed by atoms with E-state index in [4.69, 9.17) is 4.74 Å². The Morgan fingerprint density at radius 3 is 2.75 bits per heavy atom. The van der Waals surface area contributed by atoms with E-state index in [1.165, 1.54) is 37.0 Å². The molecule has 4 aliphatic rings. The van der Waals surface area contributed by atoms with Crippen LogP contribution in [0.5, 0.6) is 0 Å². The quantitative estimate of drug-likeness (QED) is 0.582. The summed E-state index contributed by atoms with van der Waals surface area (Å²) in [5.41, 5.74) is 0.333. The highest BCUT2D eigenvalue weighted by Crippen LogP contribution is 2.65. The van der Waals surface area contributed by atoms with E-state index in [-0.39, 0.29) is 17.5 Å². The minimum absolute atomic E-state index is 0.0300. The number of carbonyl (C=O) groups is 2. The first kappa shape index (κ1) is 18.8. The maximum atomic E-state index is 12.6. The van der Waals surface area contributed by atoms with Crippen LogP contribution >= 0.6 is 11.3 Å². The molecule has 0 saturated heterocycles. The van der Waals surface area contributed by atoms with Gasteiger partial charge < -0.3 is 4.74 Å². The Labute approximate surface area is 172 Å². The molecule has 7 atom stereocenters. The van der Waals surface area contributed by atoms with Crippen LogP contribution in [0.25, 0.3) is 0 Å². The average molecular weight is 401 g/mol. The van der Waals surface area contributed by atoms with Crippen molar-refractivity contribution in [1.29, 1.82) is 0 Å². The van der Waals surface area contributed by atoms with Crippen molar-refractivity contribution in [2.24, 2.45) is 34.5 Å². The standard InChI is InChI=1S/C24H32O3S/c1-23-11-9-16(27-22(26)20-4-3-13-28-20)14-15(23)5-6-17-18-7-8-21(25)24(18,2)12-10-19(17)23/h3-4,13,15-19H,5-12,14H2,1-2H3. The van der Waals surface area contributed by atoms with Gasteiger partial charge in [-0.05, 0) is 91.9 Å². The predicted octanol–water partition coefficient (Wildman–Crippen LogP) is 5.89. The molecule has 1 heterocycles. The fourth-order valence-corrected chi connectivity index (χ4v) is 8.31. The highest BCUT2D eigenvalue weighted by atomic mass is 32.1. The molecule has 1 aromatic rings. The lowest BCUT2D eigenvalue weighted by Crippen LogP contribution is -2.54. The topological polar surface area (TPSA) is 43.4 Å². The van der Waals surface area contributed by atoms with Crippen molar-refractivity contribution in [1.82, 2.24) is 0 Å². The highest BCUT2D eigenvalue weighted by Gasteiger charge is 2.60. The second-order valence-electron chi connectivity index (χ2n) is 10.4. The molecule has 0 aliphatic heterocycles. The van der Waals surface area contributed by atoms with Crippen molar-refractivity contribution in [2.45, 2.75) is 77.7 Å². The van der Waals surface area contributed by atoms with Crippen LogP contribution in [0, 0.1) is 34.5 Å². The number of ether oxygens (including phenoxy) is 1. The molecule has 3 nitrogen and oxygen atoms in total. The van der Waals surface area contributed by atoms with Crippen molar-refractivity contribution in [3.63, 3.8) is 0 Å². The van der Waals surface area contributed by atoms with Crippen LogP contribution in [0.3, 0.4) is 0 Å². The van der Waals surface area contributed by atoms with Crippen LogP contribution < -0.4 is 0 Å². The van der Waals surface area contributed by atoms with Gasteiger partial charge in [-0.15, -0.1) is 11.3 Å². The molecular weight excluding hydrogens is 368 g/mol. The van der Waals surface area contributed by atoms with Gasteiger partial charge in [0.2, 0.25) is 0 Å². The SMILES string of the molecule is CC12CCC3C(CCC4CC(OC(=O)c5cccs5)CCC43C)C1CCC2=O. The largest absolute Gasteiger partial charge is 0.458 e. The van der Waals surface area contributed by atoms with Gasteiger partial charge in [0.15, 0.2) is 0 Å². The third-order valence-electron chi connectivity index (χ3n) is 9.32. The predicted molar refractivity (Wildman–Crippen MR) is 110 cm³/mol. The molecule has 4 aliphatic carbocycles. The Bertz CT molecular complexity index is 771. The zero-order valence-electron chi connectivity index (χ0n) is 17.1. The molecule has 0 radical (unpaired) electrons. The van der Waals surface area contributed by atoms with E-state index in [0.29, 0.717) is 23.0 Å². The summed E-state index contributed by atoms with van der Waals surface area (Å²) in [5.74, 6) is 3.15. The van der Waals surface area contributed by atoms with Crippen molar-refractivity contribution in [2.75, 3.05) is 0 Å². The summed E-state index contributed by atoms with van der Waals surface area (Å²) in [4.78, 5) is 25.7. The lowest BCUT2D eigenvalue weighted by atomic mass is 9.45. The molecule has 0 spiro atoms. The Morgan fingerprint density at radius 2 is 1.96 bits per heavy atom. The minimum atomic E-state index is -0.143. The fourth-order valence-electron chi connectivity index (χ4n) is 7.70. The van der Waals surface area contributed by atoms with E-state index >= 15 is 0 Å². The van der Waals surface area contributed by atoms with Crippen LogP contribution in [-0.4, -0.2) is 17.9 Å². The average Bonchev–Trinajstić information content (AvgIpc) is 3.31. The maximum Gasteiger partial charge on any atom is 0.348 e. The van der Waals surface area contributed by atoms with Gasteiger partial charge in [-0.1, -0.05) is 19.9 Å². The van der Waals surface area contributed by atoms with Gasteiger partial charge in [0.25, 0.3) is 0 Å². The van der Waals surface area contributed by atoms with Gasteiger partial charge in [-0.25, -0.2) is 4.79 Å². The summed E-state index contributed by atoms with van der Waals surface area (Å²) in [7, 11) is 0. The van der Waals surface area contributed by atoms with Gasteiger partial charge in [0, 0.05) is 11.8 Å². The molecule has 0 bridgehead atoms. The second-order valence-corrected chi connectivity index (χ2v) is 11.3. The van der Waals surface area contributed by atoms with Gasteiger partial charge in [0.05, 0.1) is 0 Å². The zero-order chi connectivity index (χ0) is 19.5. The van der Waals surface area contributed by atoms with E-state index in [0.717, 1.165) is 48.8 Å². The van der Waals surface area contributed by atoms with Crippen molar-refractivity contribution in [3.8, 4) is 0 Å². The molecule has 0 aromatic carbocycles. The second kappa shape index (κ2) is 6.68. The summed E-state index contributed by atoms with van der Waals surface area (Å²) in [6.45, 7) is 4.78. The Balaban J connectivity index is 1.30. The van der Waals surface area contributed by atoms with E-state index in [9.17, 15) is 9.59 Å². The molecule has 4 fully saturated rings. The summed E-state index contributed by atoms with van der Waals surface area (Å²) in [6, 6.07) is 3.76. The Kier molecular flexibility index (Phi) is 4.50. The third kappa shape index (κ3) is 2.74. The molecular formula is C24H32O3S. The van der Waals surface area contributed by atoms with E-state index in [2.05, 4.69) is 13.8 Å². The smallest absolute Gasteiger partial charge is 0.348 e. The maximum absolute atomic E-state index is 12.6. The fraction of sp³-hybridized carbons (Fsp3) is 0.750. The number of Topliss-reactive ketones (excluding diaryl/α,β-unsaturated/α-hetero) is 1. The molecule has 0 amide bonds. The molecule has 0 N–H and O–H groups in total. The Morgan fingerprint density at radius 1 is 1.11 bits per heavy atom. The molecule has 1 aromatic heterocycles. The number of fused-ring (bicyclic) bond motifs is 5. The summed E-state index contributed by atoms with van der Waals surface area (Å²) in [6.07, 6.45) is 10.0. The number of esters is 1. The zero-order valence-corrected chi connectivity index (χ0v) is 17.9. The third-order valence-corrected chi connectivity index (χ3v) is 10.2. The lowest BCUT2D eigenvalue weighted by Gasteiger charge is -2.60. The number of hydrogen-bond donors (Lipinski definition) is 0. The van der Waals surface area contributed by atoms with E-state index < -0.39 is 0 Å². The van der Waals surface area contributed by atoms with Gasteiger partial charge in [-0.3, -0.25) is 4.79 Å². The first-order valence-electron chi connectivity index (χ1n) is 11.2. The first-order valence-corrected chi connectivity index (χ1v) is 12.1. The molecule has 7 unspecified atom stereocenters. The van der Waals surface area contributed by atoms with E-state index in [1.807, 2.05) is 17.5 Å².